The fraction of sp³-hybridized carbons (Fsp3) is 0.462. The third-order valence-corrected chi connectivity index (χ3v) is 3.03. The van der Waals surface area contributed by atoms with Gasteiger partial charge >= 0.3 is 5.97 Å². The van der Waals surface area contributed by atoms with Crippen molar-refractivity contribution in [1.29, 1.82) is 0 Å². The van der Waals surface area contributed by atoms with Gasteiger partial charge in [-0.15, -0.1) is 0 Å². The highest BCUT2D eigenvalue weighted by Crippen LogP contribution is 2.01. The van der Waals surface area contributed by atoms with Crippen LogP contribution in [0.25, 0.3) is 0 Å². The van der Waals surface area contributed by atoms with Crippen LogP contribution in [0.4, 0.5) is 0 Å². The molecule has 6 heteroatoms. The third kappa shape index (κ3) is 3.21. The van der Waals surface area contributed by atoms with Gasteiger partial charge in [0.15, 0.2) is 0 Å². The Morgan fingerprint density at radius 3 is 2.32 bits per heavy atom. The van der Waals surface area contributed by atoms with Gasteiger partial charge < -0.3 is 14.6 Å². The molecule has 6 nitrogen and oxygen atoms in total. The zero-order valence-corrected chi connectivity index (χ0v) is 11.3. The van der Waals surface area contributed by atoms with Crippen LogP contribution < -0.4 is 5.56 Å². The summed E-state index contributed by atoms with van der Waals surface area (Å²) in [4.78, 5) is 36.5. The normalized spacial score (nSPS) is 10.3. The number of nitrogens with zero attached hydrogens (tertiary/aromatic N) is 2. The van der Waals surface area contributed by atoms with E-state index < -0.39 is 11.5 Å². The molecule has 1 amide bonds. The molecule has 0 atom stereocenters. The van der Waals surface area contributed by atoms with Gasteiger partial charge in [-0.1, -0.05) is 0 Å². The number of pyridine rings is 1. The molecule has 1 aromatic rings. The molecular formula is C13H18N2O4. The number of carbonyl (C=O) groups excluding carboxylic acids is 1. The van der Waals surface area contributed by atoms with Gasteiger partial charge in [0.1, 0.15) is 12.1 Å². The van der Waals surface area contributed by atoms with Crippen LogP contribution in [-0.2, 0) is 11.3 Å². The molecule has 19 heavy (non-hydrogen) atoms. The average Bonchev–Trinajstić information content (AvgIpc) is 2.35. The zero-order chi connectivity index (χ0) is 14.6. The highest BCUT2D eigenvalue weighted by atomic mass is 16.4. The van der Waals surface area contributed by atoms with E-state index >= 15 is 0 Å². The summed E-state index contributed by atoms with van der Waals surface area (Å²) in [6.07, 6.45) is 0. The van der Waals surface area contributed by atoms with Crippen molar-refractivity contribution in [1.82, 2.24) is 9.47 Å². The lowest BCUT2D eigenvalue weighted by Crippen LogP contribution is -2.38. The fourth-order valence-electron chi connectivity index (χ4n) is 1.84. The Morgan fingerprint density at radius 1 is 1.26 bits per heavy atom. The van der Waals surface area contributed by atoms with Gasteiger partial charge in [0, 0.05) is 18.8 Å². The standard InChI is InChI=1S/C13H18N2O4/c1-4-14(5-2)11(16)8-15-9(3)6-7-10(12(15)17)13(18)19/h6-7H,4-5,8H2,1-3H3,(H,18,19). The van der Waals surface area contributed by atoms with Crippen molar-refractivity contribution in [2.24, 2.45) is 0 Å². The molecule has 0 bridgehead atoms. The molecule has 1 N–H and O–H groups in total. The van der Waals surface area contributed by atoms with Gasteiger partial charge in [-0.3, -0.25) is 9.59 Å². The van der Waals surface area contributed by atoms with E-state index in [9.17, 15) is 14.4 Å². The molecule has 1 rings (SSSR count). The maximum Gasteiger partial charge on any atom is 0.341 e. The fourth-order valence-corrected chi connectivity index (χ4v) is 1.84. The number of likely N-dealkylation sites (N-methyl/N-ethyl adjacent to an activating group) is 1. The molecule has 0 unspecified atom stereocenters. The van der Waals surface area contributed by atoms with E-state index in [0.717, 1.165) is 0 Å². The number of carbonyl (C=O) groups is 2. The molecule has 0 aliphatic rings. The zero-order valence-electron chi connectivity index (χ0n) is 11.3. The second-order valence-corrected chi connectivity index (χ2v) is 4.15. The molecule has 1 aromatic heterocycles. The Balaban J connectivity index is 3.14. The largest absolute Gasteiger partial charge is 0.477 e. The Kier molecular flexibility index (Phi) is 4.86. The predicted molar refractivity (Wildman–Crippen MR) is 70.3 cm³/mol. The molecule has 1 heterocycles. The molecule has 0 aromatic carbocycles. The minimum atomic E-state index is -1.28. The maximum absolute atomic E-state index is 12.0. The van der Waals surface area contributed by atoms with E-state index in [0.29, 0.717) is 18.8 Å². The van der Waals surface area contributed by atoms with Crippen molar-refractivity contribution in [2.75, 3.05) is 13.1 Å². The summed E-state index contributed by atoms with van der Waals surface area (Å²) >= 11 is 0. The smallest absolute Gasteiger partial charge is 0.341 e. The molecular weight excluding hydrogens is 248 g/mol. The first-order valence-electron chi connectivity index (χ1n) is 6.13. The summed E-state index contributed by atoms with van der Waals surface area (Å²) in [6.45, 7) is 6.36. The lowest BCUT2D eigenvalue weighted by molar-refractivity contribution is -0.131. The number of hydrogen-bond acceptors (Lipinski definition) is 3. The van der Waals surface area contributed by atoms with E-state index in [4.69, 9.17) is 5.11 Å². The van der Waals surface area contributed by atoms with Crippen LogP contribution in [0.2, 0.25) is 0 Å². The monoisotopic (exact) mass is 266 g/mol. The lowest BCUT2D eigenvalue weighted by Gasteiger charge is -2.20. The summed E-state index contributed by atoms with van der Waals surface area (Å²) in [7, 11) is 0. The summed E-state index contributed by atoms with van der Waals surface area (Å²) in [5.74, 6) is -1.48. The van der Waals surface area contributed by atoms with E-state index in [1.165, 1.54) is 16.7 Å². The predicted octanol–water partition coefficient (Wildman–Crippen LogP) is 0.723. The van der Waals surface area contributed by atoms with Crippen molar-refractivity contribution in [3.05, 3.63) is 33.7 Å². The Labute approximate surface area is 111 Å². The molecule has 0 saturated heterocycles. The Morgan fingerprint density at radius 2 is 1.84 bits per heavy atom. The van der Waals surface area contributed by atoms with Crippen LogP contribution in [0, 0.1) is 6.92 Å². The van der Waals surface area contributed by atoms with Crippen LogP contribution in [0.15, 0.2) is 16.9 Å². The average molecular weight is 266 g/mol. The number of aromatic nitrogens is 1. The van der Waals surface area contributed by atoms with E-state index in [1.807, 2.05) is 13.8 Å². The second-order valence-electron chi connectivity index (χ2n) is 4.15. The van der Waals surface area contributed by atoms with Gasteiger partial charge in [-0.25, -0.2) is 4.79 Å². The third-order valence-electron chi connectivity index (χ3n) is 3.03. The van der Waals surface area contributed by atoms with Crippen LogP contribution >= 0.6 is 0 Å². The number of aryl methyl sites for hydroxylation is 1. The van der Waals surface area contributed by atoms with Crippen LogP contribution in [0.1, 0.15) is 29.9 Å². The van der Waals surface area contributed by atoms with Crippen molar-refractivity contribution in [2.45, 2.75) is 27.3 Å². The van der Waals surface area contributed by atoms with Crippen LogP contribution in [0.3, 0.4) is 0 Å². The Hall–Kier alpha value is -2.11. The molecule has 0 aliphatic heterocycles. The quantitative estimate of drug-likeness (QED) is 0.851. The van der Waals surface area contributed by atoms with Gasteiger partial charge in [-0.05, 0) is 32.9 Å². The van der Waals surface area contributed by atoms with E-state index in [1.54, 1.807) is 11.8 Å². The van der Waals surface area contributed by atoms with Crippen molar-refractivity contribution >= 4 is 11.9 Å². The molecule has 104 valence electrons. The first-order chi connectivity index (χ1) is 8.92. The molecule has 0 aliphatic carbocycles. The molecule has 0 spiro atoms. The summed E-state index contributed by atoms with van der Waals surface area (Å²) in [5.41, 5.74) is -0.401. The van der Waals surface area contributed by atoms with Gasteiger partial charge in [0.2, 0.25) is 5.91 Å². The summed E-state index contributed by atoms with van der Waals surface area (Å²) in [5, 5.41) is 8.91. The van der Waals surface area contributed by atoms with Crippen molar-refractivity contribution in [3.8, 4) is 0 Å². The van der Waals surface area contributed by atoms with Gasteiger partial charge in [-0.2, -0.15) is 0 Å². The van der Waals surface area contributed by atoms with Crippen LogP contribution in [-0.4, -0.2) is 39.5 Å². The SMILES string of the molecule is CCN(CC)C(=O)Cn1c(C)ccc(C(=O)O)c1=O. The van der Waals surface area contributed by atoms with Gasteiger partial charge in [0.25, 0.3) is 5.56 Å². The first-order valence-corrected chi connectivity index (χ1v) is 6.13. The highest BCUT2D eigenvalue weighted by molar-refractivity contribution is 5.87. The minimum Gasteiger partial charge on any atom is -0.477 e. The molecule has 0 radical (unpaired) electrons. The van der Waals surface area contributed by atoms with Crippen molar-refractivity contribution in [3.63, 3.8) is 0 Å². The number of amides is 1. The first kappa shape index (κ1) is 14.9. The minimum absolute atomic E-state index is 0.131. The van der Waals surface area contributed by atoms with E-state index in [2.05, 4.69) is 0 Å². The lowest BCUT2D eigenvalue weighted by atomic mass is 10.2. The number of carboxylic acids is 1. The van der Waals surface area contributed by atoms with Gasteiger partial charge in [0.05, 0.1) is 0 Å². The molecule has 0 saturated carbocycles. The topological polar surface area (TPSA) is 79.6 Å². The van der Waals surface area contributed by atoms with Crippen LogP contribution in [0.5, 0.6) is 0 Å². The number of carboxylic acid groups (broad SMARTS) is 1. The Bertz CT molecular complexity index is 544. The highest BCUT2D eigenvalue weighted by Gasteiger charge is 2.16. The summed E-state index contributed by atoms with van der Waals surface area (Å²) < 4.78 is 1.20. The number of hydrogen-bond donors (Lipinski definition) is 1. The number of rotatable bonds is 5. The second kappa shape index (κ2) is 6.17. The van der Waals surface area contributed by atoms with E-state index in [-0.39, 0.29) is 18.0 Å². The number of aromatic carboxylic acids is 1. The molecule has 0 fully saturated rings. The van der Waals surface area contributed by atoms with Crippen molar-refractivity contribution < 1.29 is 14.7 Å². The maximum atomic E-state index is 12.0. The summed E-state index contributed by atoms with van der Waals surface area (Å²) in [6, 6.07) is 2.79.